The standard InChI is InChI=1S/C24H19N5OS/c1-2-7-23-18(4-1)10-11-20(25-23)15-30-21-12-8-17(9-13-21)16-31-22-6-3-5-19(14-22)24-26-28-29-27-24/h1-14H,15-16H2,(H,26,27,28,29). The van der Waals surface area contributed by atoms with E-state index in [1.54, 1.807) is 11.8 Å². The fourth-order valence-electron chi connectivity index (χ4n) is 3.20. The quantitative estimate of drug-likeness (QED) is 0.357. The summed E-state index contributed by atoms with van der Waals surface area (Å²) in [5.74, 6) is 2.30. The van der Waals surface area contributed by atoms with Crippen molar-refractivity contribution in [2.45, 2.75) is 17.3 Å². The van der Waals surface area contributed by atoms with Crippen LogP contribution in [0.15, 0.2) is 89.8 Å². The van der Waals surface area contributed by atoms with E-state index in [0.717, 1.165) is 38.6 Å². The predicted molar refractivity (Wildman–Crippen MR) is 122 cm³/mol. The van der Waals surface area contributed by atoms with Crippen LogP contribution in [0.2, 0.25) is 0 Å². The van der Waals surface area contributed by atoms with E-state index in [4.69, 9.17) is 4.74 Å². The fraction of sp³-hybridized carbons (Fsp3) is 0.0833. The Morgan fingerprint density at radius 2 is 1.77 bits per heavy atom. The monoisotopic (exact) mass is 425 g/mol. The fourth-order valence-corrected chi connectivity index (χ4v) is 4.11. The minimum Gasteiger partial charge on any atom is -0.487 e. The molecule has 0 radical (unpaired) electrons. The molecular formula is C24H19N5OS. The molecule has 152 valence electrons. The molecule has 0 aliphatic rings. The molecule has 0 aliphatic heterocycles. The summed E-state index contributed by atoms with van der Waals surface area (Å²) in [4.78, 5) is 5.81. The van der Waals surface area contributed by atoms with Crippen molar-refractivity contribution in [3.63, 3.8) is 0 Å². The molecule has 6 nitrogen and oxygen atoms in total. The number of tetrazole rings is 1. The van der Waals surface area contributed by atoms with Crippen LogP contribution in [0, 0.1) is 0 Å². The van der Waals surface area contributed by atoms with Gasteiger partial charge in [-0.3, -0.25) is 0 Å². The Balaban J connectivity index is 1.18. The summed E-state index contributed by atoms with van der Waals surface area (Å²) in [5.41, 5.74) is 4.08. The number of benzene rings is 3. The first-order valence-electron chi connectivity index (χ1n) is 9.87. The maximum atomic E-state index is 5.92. The number of hydrogen-bond acceptors (Lipinski definition) is 6. The summed E-state index contributed by atoms with van der Waals surface area (Å²) in [6, 6.07) is 28.5. The molecule has 7 heteroatoms. The second kappa shape index (κ2) is 8.97. The Labute approximate surface area is 183 Å². The van der Waals surface area contributed by atoms with Gasteiger partial charge in [0.05, 0.1) is 11.2 Å². The molecule has 31 heavy (non-hydrogen) atoms. The van der Waals surface area contributed by atoms with Gasteiger partial charge in [0, 0.05) is 21.6 Å². The number of pyridine rings is 1. The topological polar surface area (TPSA) is 76.6 Å². The molecule has 0 fully saturated rings. The molecule has 0 bridgehead atoms. The zero-order chi connectivity index (χ0) is 20.9. The van der Waals surface area contributed by atoms with Gasteiger partial charge in [0.15, 0.2) is 0 Å². The first kappa shape index (κ1) is 19.3. The average molecular weight is 426 g/mol. The summed E-state index contributed by atoms with van der Waals surface area (Å²) < 4.78 is 5.92. The van der Waals surface area contributed by atoms with Gasteiger partial charge in [0.1, 0.15) is 12.4 Å². The van der Waals surface area contributed by atoms with Gasteiger partial charge in [-0.05, 0) is 47.2 Å². The van der Waals surface area contributed by atoms with Crippen LogP contribution in [0.5, 0.6) is 5.75 Å². The van der Waals surface area contributed by atoms with E-state index in [9.17, 15) is 0 Å². The Morgan fingerprint density at radius 3 is 2.65 bits per heavy atom. The maximum Gasteiger partial charge on any atom is 0.204 e. The molecule has 0 unspecified atom stereocenters. The van der Waals surface area contributed by atoms with Crippen LogP contribution < -0.4 is 4.74 Å². The number of aromatic amines is 1. The van der Waals surface area contributed by atoms with Gasteiger partial charge in [0.2, 0.25) is 5.82 Å². The van der Waals surface area contributed by atoms with Crippen molar-refractivity contribution < 1.29 is 4.74 Å². The van der Waals surface area contributed by atoms with Crippen LogP contribution >= 0.6 is 11.8 Å². The van der Waals surface area contributed by atoms with Gasteiger partial charge in [-0.25, -0.2) is 4.98 Å². The molecule has 1 N–H and O–H groups in total. The molecule has 5 aromatic rings. The van der Waals surface area contributed by atoms with Crippen molar-refractivity contribution in [3.05, 3.63) is 96.2 Å². The largest absolute Gasteiger partial charge is 0.487 e. The number of ether oxygens (including phenoxy) is 1. The van der Waals surface area contributed by atoms with E-state index in [1.165, 1.54) is 5.56 Å². The minimum atomic E-state index is 0.446. The first-order chi connectivity index (χ1) is 15.3. The van der Waals surface area contributed by atoms with Crippen molar-refractivity contribution in [1.82, 2.24) is 25.6 Å². The van der Waals surface area contributed by atoms with E-state index in [2.05, 4.69) is 62.0 Å². The predicted octanol–water partition coefficient (Wildman–Crippen LogP) is 5.29. The third-order valence-corrected chi connectivity index (χ3v) is 5.87. The number of rotatable bonds is 7. The molecule has 0 saturated carbocycles. The lowest BCUT2D eigenvalue weighted by Gasteiger charge is -2.08. The van der Waals surface area contributed by atoms with E-state index < -0.39 is 0 Å². The Bertz CT molecular complexity index is 1290. The lowest BCUT2D eigenvalue weighted by Crippen LogP contribution is -1.98. The van der Waals surface area contributed by atoms with Crippen molar-refractivity contribution in [1.29, 1.82) is 0 Å². The van der Waals surface area contributed by atoms with Crippen LogP contribution in [0.4, 0.5) is 0 Å². The van der Waals surface area contributed by atoms with Gasteiger partial charge < -0.3 is 4.74 Å². The van der Waals surface area contributed by atoms with Crippen molar-refractivity contribution in [2.75, 3.05) is 0 Å². The number of para-hydroxylation sites is 1. The Kier molecular flexibility index (Phi) is 5.58. The third-order valence-electron chi connectivity index (χ3n) is 4.81. The normalized spacial score (nSPS) is 11.0. The van der Waals surface area contributed by atoms with Crippen LogP contribution in [0.25, 0.3) is 22.3 Å². The van der Waals surface area contributed by atoms with Gasteiger partial charge in [-0.1, -0.05) is 48.5 Å². The van der Waals surface area contributed by atoms with Crippen LogP contribution in [0.3, 0.4) is 0 Å². The Morgan fingerprint density at radius 1 is 0.871 bits per heavy atom. The summed E-state index contributed by atoms with van der Waals surface area (Å²) in [7, 11) is 0. The number of H-pyrrole nitrogens is 1. The van der Waals surface area contributed by atoms with Crippen LogP contribution in [0.1, 0.15) is 11.3 Å². The summed E-state index contributed by atoms with van der Waals surface area (Å²) in [6.45, 7) is 0.446. The smallest absolute Gasteiger partial charge is 0.204 e. The highest BCUT2D eigenvalue weighted by Gasteiger charge is 2.05. The zero-order valence-corrected chi connectivity index (χ0v) is 17.4. The van der Waals surface area contributed by atoms with Gasteiger partial charge in [-0.2, -0.15) is 5.21 Å². The van der Waals surface area contributed by atoms with Crippen molar-refractivity contribution >= 4 is 22.7 Å². The number of aromatic nitrogens is 5. The third kappa shape index (κ3) is 4.73. The molecule has 5 rings (SSSR count). The highest BCUT2D eigenvalue weighted by atomic mass is 32.2. The highest BCUT2D eigenvalue weighted by molar-refractivity contribution is 7.98. The van der Waals surface area contributed by atoms with Crippen LogP contribution in [-0.2, 0) is 12.4 Å². The maximum absolute atomic E-state index is 5.92. The SMILES string of the molecule is c1cc(SCc2ccc(OCc3ccc4ccccc4n3)cc2)cc(-c2nn[nH]n2)c1. The minimum absolute atomic E-state index is 0.446. The molecule has 3 aromatic carbocycles. The van der Waals surface area contributed by atoms with Gasteiger partial charge in [0.25, 0.3) is 0 Å². The van der Waals surface area contributed by atoms with Crippen LogP contribution in [-0.4, -0.2) is 25.6 Å². The lowest BCUT2D eigenvalue weighted by molar-refractivity contribution is 0.302. The summed E-state index contributed by atoms with van der Waals surface area (Å²) in [5, 5.41) is 15.3. The number of nitrogens with zero attached hydrogens (tertiary/aromatic N) is 4. The number of fused-ring (bicyclic) bond motifs is 1. The van der Waals surface area contributed by atoms with E-state index in [0.29, 0.717) is 12.4 Å². The molecule has 0 amide bonds. The zero-order valence-electron chi connectivity index (χ0n) is 16.6. The van der Waals surface area contributed by atoms with E-state index in [-0.39, 0.29) is 0 Å². The lowest BCUT2D eigenvalue weighted by atomic mass is 10.2. The molecular weight excluding hydrogens is 406 g/mol. The molecule has 2 aromatic heterocycles. The summed E-state index contributed by atoms with van der Waals surface area (Å²) in [6.07, 6.45) is 0. The van der Waals surface area contributed by atoms with Gasteiger partial charge >= 0.3 is 0 Å². The second-order valence-electron chi connectivity index (χ2n) is 6.98. The average Bonchev–Trinajstić information content (AvgIpc) is 3.37. The second-order valence-corrected chi connectivity index (χ2v) is 8.03. The van der Waals surface area contributed by atoms with Crippen molar-refractivity contribution in [2.24, 2.45) is 0 Å². The van der Waals surface area contributed by atoms with E-state index in [1.807, 2.05) is 48.5 Å². The molecule has 0 saturated heterocycles. The highest BCUT2D eigenvalue weighted by Crippen LogP contribution is 2.27. The Hall–Kier alpha value is -3.71. The molecule has 2 heterocycles. The number of hydrogen-bond donors (Lipinski definition) is 1. The molecule has 0 spiro atoms. The molecule has 0 atom stereocenters. The molecule has 0 aliphatic carbocycles. The van der Waals surface area contributed by atoms with E-state index >= 15 is 0 Å². The number of thioether (sulfide) groups is 1. The van der Waals surface area contributed by atoms with Gasteiger partial charge in [-0.15, -0.1) is 22.0 Å². The van der Waals surface area contributed by atoms with Crippen molar-refractivity contribution in [3.8, 4) is 17.1 Å². The first-order valence-corrected chi connectivity index (χ1v) is 10.9. The summed E-state index contributed by atoms with van der Waals surface area (Å²) >= 11 is 1.77. The number of nitrogens with one attached hydrogen (secondary N) is 1.